The highest BCUT2D eigenvalue weighted by atomic mass is 16.6. The molecule has 0 amide bonds. The van der Waals surface area contributed by atoms with Gasteiger partial charge in [0.05, 0.1) is 0 Å². The summed E-state index contributed by atoms with van der Waals surface area (Å²) in [7, 11) is 0. The first-order valence-electron chi connectivity index (χ1n) is 28.1. The van der Waals surface area contributed by atoms with Crippen LogP contribution in [-0.4, -0.2) is 37.2 Å². The van der Waals surface area contributed by atoms with Crippen LogP contribution in [0.15, 0.2) is 48.6 Å². The summed E-state index contributed by atoms with van der Waals surface area (Å²) in [6, 6.07) is 0. The molecule has 0 fully saturated rings. The predicted molar refractivity (Wildman–Crippen MR) is 279 cm³/mol. The van der Waals surface area contributed by atoms with Crippen LogP contribution in [0.25, 0.3) is 0 Å². The zero-order chi connectivity index (χ0) is 47.2. The van der Waals surface area contributed by atoms with E-state index in [0.29, 0.717) is 19.3 Å². The molecular formula is C59H106O6. The maximum Gasteiger partial charge on any atom is 0.306 e. The van der Waals surface area contributed by atoms with Gasteiger partial charge in [-0.05, 0) is 77.0 Å². The lowest BCUT2D eigenvalue weighted by Gasteiger charge is -2.18. The topological polar surface area (TPSA) is 78.9 Å². The molecule has 0 saturated heterocycles. The van der Waals surface area contributed by atoms with Crippen molar-refractivity contribution in [1.29, 1.82) is 0 Å². The fourth-order valence-electron chi connectivity index (χ4n) is 8.10. The Morgan fingerprint density at radius 2 is 0.600 bits per heavy atom. The first-order chi connectivity index (χ1) is 32.0. The molecule has 0 bridgehead atoms. The molecule has 0 rings (SSSR count). The predicted octanol–water partition coefficient (Wildman–Crippen LogP) is 18.7. The van der Waals surface area contributed by atoms with Crippen LogP contribution in [0, 0.1) is 0 Å². The summed E-state index contributed by atoms with van der Waals surface area (Å²) in [5.74, 6) is -0.882. The minimum Gasteiger partial charge on any atom is -0.462 e. The van der Waals surface area contributed by atoms with Gasteiger partial charge in [-0.15, -0.1) is 0 Å². The average molecular weight is 911 g/mol. The van der Waals surface area contributed by atoms with Gasteiger partial charge in [0.2, 0.25) is 0 Å². The molecule has 0 saturated carbocycles. The minimum absolute atomic E-state index is 0.0779. The maximum atomic E-state index is 12.8. The van der Waals surface area contributed by atoms with E-state index in [1.807, 2.05) is 0 Å². The number of ether oxygens (including phenoxy) is 3. The summed E-state index contributed by atoms with van der Waals surface area (Å²) >= 11 is 0. The van der Waals surface area contributed by atoms with E-state index in [9.17, 15) is 14.4 Å². The van der Waals surface area contributed by atoms with Crippen molar-refractivity contribution >= 4 is 17.9 Å². The van der Waals surface area contributed by atoms with Gasteiger partial charge in [-0.1, -0.05) is 243 Å². The van der Waals surface area contributed by atoms with Crippen molar-refractivity contribution in [2.75, 3.05) is 13.2 Å². The number of hydrogen-bond donors (Lipinski definition) is 0. The van der Waals surface area contributed by atoms with Gasteiger partial charge in [-0.3, -0.25) is 14.4 Å². The monoisotopic (exact) mass is 911 g/mol. The molecule has 378 valence electrons. The Bertz CT molecular complexity index is 1140. The average Bonchev–Trinajstić information content (AvgIpc) is 3.30. The summed E-state index contributed by atoms with van der Waals surface area (Å²) in [6.45, 7) is 6.53. The van der Waals surface area contributed by atoms with Crippen LogP contribution < -0.4 is 0 Å². The maximum absolute atomic E-state index is 12.8. The molecule has 0 heterocycles. The van der Waals surface area contributed by atoms with Gasteiger partial charge in [-0.2, -0.15) is 0 Å². The second kappa shape index (κ2) is 54.0. The van der Waals surface area contributed by atoms with Gasteiger partial charge < -0.3 is 14.2 Å². The molecule has 6 heteroatoms. The van der Waals surface area contributed by atoms with Crippen molar-refractivity contribution in [2.45, 2.75) is 297 Å². The third kappa shape index (κ3) is 52.2. The van der Waals surface area contributed by atoms with Crippen LogP contribution in [0.3, 0.4) is 0 Å². The SMILES string of the molecule is CC/C=C\C/C=C\C/C=C\CCCCCCCCCC(=O)OCC(COC(=O)CCCCCCC/C=C\CCCCCC)OC(=O)CCCCCCCCCCCCCCCCCCC. The number of carbonyl (C=O) groups excluding carboxylic acids is 3. The van der Waals surface area contributed by atoms with Crippen molar-refractivity contribution in [1.82, 2.24) is 0 Å². The fraction of sp³-hybridized carbons (Fsp3) is 0.814. The Morgan fingerprint density at radius 1 is 0.323 bits per heavy atom. The molecule has 1 atom stereocenters. The van der Waals surface area contributed by atoms with Crippen molar-refractivity contribution < 1.29 is 28.6 Å². The summed E-state index contributed by atoms with van der Waals surface area (Å²) in [5, 5.41) is 0. The zero-order valence-corrected chi connectivity index (χ0v) is 43.3. The molecule has 6 nitrogen and oxygen atoms in total. The first-order valence-corrected chi connectivity index (χ1v) is 28.1. The smallest absolute Gasteiger partial charge is 0.306 e. The lowest BCUT2D eigenvalue weighted by Crippen LogP contribution is -2.30. The number of esters is 3. The molecule has 65 heavy (non-hydrogen) atoms. The Hall–Kier alpha value is -2.63. The standard InChI is InChI=1S/C59H106O6/c1-4-7-10-13-16-19-22-25-27-29-31-34-37-40-43-46-49-52-58(61)64-55-56(54-63-57(60)51-48-45-42-39-36-33-24-21-18-15-12-9-6-3)65-59(62)53-50-47-44-41-38-35-32-30-28-26-23-20-17-14-11-8-5-2/h7,10,16,19,21,24-25,27,56H,4-6,8-9,11-15,17-18,20,22-23,26,28-55H2,1-3H3/b10-7-,19-16-,24-21-,27-25-. The Balaban J connectivity index is 4.36. The molecular weight excluding hydrogens is 805 g/mol. The molecule has 0 aliphatic carbocycles. The van der Waals surface area contributed by atoms with Crippen molar-refractivity contribution in [3.05, 3.63) is 48.6 Å². The van der Waals surface area contributed by atoms with Gasteiger partial charge in [0, 0.05) is 19.3 Å². The summed E-state index contributed by atoms with van der Waals surface area (Å²) in [4.78, 5) is 38.1. The molecule has 0 aromatic heterocycles. The molecule has 0 N–H and O–H groups in total. The van der Waals surface area contributed by atoms with Crippen LogP contribution in [-0.2, 0) is 28.6 Å². The minimum atomic E-state index is -0.778. The summed E-state index contributed by atoms with van der Waals surface area (Å²) in [5.41, 5.74) is 0. The molecule has 1 unspecified atom stereocenters. The first kappa shape index (κ1) is 62.4. The summed E-state index contributed by atoms with van der Waals surface area (Å²) in [6.07, 6.45) is 65.2. The van der Waals surface area contributed by atoms with Crippen LogP contribution in [0.4, 0.5) is 0 Å². The molecule has 0 aliphatic rings. The quantitative estimate of drug-likeness (QED) is 0.0262. The van der Waals surface area contributed by atoms with E-state index < -0.39 is 6.10 Å². The van der Waals surface area contributed by atoms with Crippen molar-refractivity contribution in [3.8, 4) is 0 Å². The lowest BCUT2D eigenvalue weighted by atomic mass is 10.0. The highest BCUT2D eigenvalue weighted by Gasteiger charge is 2.19. The zero-order valence-electron chi connectivity index (χ0n) is 43.3. The normalized spacial score (nSPS) is 12.4. The number of allylic oxidation sites excluding steroid dienone is 8. The van der Waals surface area contributed by atoms with E-state index in [0.717, 1.165) is 89.9 Å². The van der Waals surface area contributed by atoms with E-state index in [-0.39, 0.29) is 31.1 Å². The van der Waals surface area contributed by atoms with Gasteiger partial charge in [0.15, 0.2) is 6.10 Å². The van der Waals surface area contributed by atoms with Crippen molar-refractivity contribution in [3.63, 3.8) is 0 Å². The van der Waals surface area contributed by atoms with Gasteiger partial charge in [0.25, 0.3) is 0 Å². The van der Waals surface area contributed by atoms with E-state index in [1.165, 1.54) is 161 Å². The van der Waals surface area contributed by atoms with Crippen LogP contribution in [0.1, 0.15) is 290 Å². The van der Waals surface area contributed by atoms with Gasteiger partial charge in [-0.25, -0.2) is 0 Å². The number of unbranched alkanes of at least 4 members (excludes halogenated alkanes) is 32. The molecule has 0 aromatic carbocycles. The fourth-order valence-corrected chi connectivity index (χ4v) is 8.10. The van der Waals surface area contributed by atoms with Gasteiger partial charge in [0.1, 0.15) is 13.2 Å². The molecule has 0 radical (unpaired) electrons. The second-order valence-corrected chi connectivity index (χ2v) is 18.8. The van der Waals surface area contributed by atoms with Crippen LogP contribution >= 0.6 is 0 Å². The molecule has 0 aromatic rings. The lowest BCUT2D eigenvalue weighted by molar-refractivity contribution is -0.167. The van der Waals surface area contributed by atoms with E-state index in [1.54, 1.807) is 0 Å². The summed E-state index contributed by atoms with van der Waals surface area (Å²) < 4.78 is 16.8. The van der Waals surface area contributed by atoms with E-state index in [2.05, 4.69) is 69.4 Å². The van der Waals surface area contributed by atoms with Crippen LogP contribution in [0.2, 0.25) is 0 Å². The number of rotatable bonds is 51. The third-order valence-electron chi connectivity index (χ3n) is 12.3. The van der Waals surface area contributed by atoms with Crippen LogP contribution in [0.5, 0.6) is 0 Å². The van der Waals surface area contributed by atoms with E-state index >= 15 is 0 Å². The highest BCUT2D eigenvalue weighted by molar-refractivity contribution is 5.71. The van der Waals surface area contributed by atoms with Gasteiger partial charge >= 0.3 is 17.9 Å². The van der Waals surface area contributed by atoms with Crippen molar-refractivity contribution in [2.24, 2.45) is 0 Å². The Labute approximate surface area is 403 Å². The largest absolute Gasteiger partial charge is 0.462 e. The third-order valence-corrected chi connectivity index (χ3v) is 12.3. The number of hydrogen-bond acceptors (Lipinski definition) is 6. The van der Waals surface area contributed by atoms with E-state index in [4.69, 9.17) is 14.2 Å². The Morgan fingerprint density at radius 3 is 0.969 bits per heavy atom. The molecule has 0 aliphatic heterocycles. The second-order valence-electron chi connectivity index (χ2n) is 18.8. The number of carbonyl (C=O) groups is 3. The highest BCUT2D eigenvalue weighted by Crippen LogP contribution is 2.16. The molecule has 0 spiro atoms. The Kier molecular flexibility index (Phi) is 51.8.